The smallest absolute Gasteiger partial charge is 0.321 e. The van der Waals surface area contributed by atoms with Crippen molar-refractivity contribution in [2.75, 3.05) is 25.5 Å². The molecule has 0 atom stereocenters. The molecule has 0 saturated carbocycles. The first-order valence-electron chi connectivity index (χ1n) is 8.88. The van der Waals surface area contributed by atoms with Crippen LogP contribution in [0, 0.1) is 0 Å². The van der Waals surface area contributed by atoms with E-state index in [1.54, 1.807) is 18.1 Å². The lowest BCUT2D eigenvalue weighted by Crippen LogP contribution is -2.53. The van der Waals surface area contributed by atoms with Gasteiger partial charge in [-0.15, -0.1) is 0 Å². The van der Waals surface area contributed by atoms with Gasteiger partial charge in [-0.25, -0.2) is 4.79 Å². The fourth-order valence-corrected chi connectivity index (χ4v) is 3.81. The molecule has 0 bridgehead atoms. The Morgan fingerprint density at radius 2 is 2.04 bits per heavy atom. The van der Waals surface area contributed by atoms with Gasteiger partial charge in [0.15, 0.2) is 0 Å². The SMILES string of the molecule is COc1cccc(NC(=O)N2CCC3(CC2)OCc2cc(Br)ccc2O3)c1. The van der Waals surface area contributed by atoms with Gasteiger partial charge in [0, 0.05) is 47.7 Å². The number of anilines is 1. The summed E-state index contributed by atoms with van der Waals surface area (Å²) in [5.41, 5.74) is 1.75. The lowest BCUT2D eigenvalue weighted by molar-refractivity contribution is -0.225. The van der Waals surface area contributed by atoms with Crippen LogP contribution in [0.25, 0.3) is 0 Å². The van der Waals surface area contributed by atoms with Gasteiger partial charge in [0.2, 0.25) is 5.79 Å². The maximum atomic E-state index is 12.6. The van der Waals surface area contributed by atoms with E-state index in [-0.39, 0.29) is 6.03 Å². The number of halogens is 1. The number of carbonyl (C=O) groups excluding carboxylic acids is 1. The standard InChI is InChI=1S/C20H21BrN2O4/c1-25-17-4-2-3-16(12-17)22-19(24)23-9-7-20(8-10-23)26-13-14-11-15(21)5-6-18(14)27-20/h2-6,11-12H,7-10,13H2,1H3,(H,22,24). The van der Waals surface area contributed by atoms with Crippen LogP contribution in [0.1, 0.15) is 18.4 Å². The lowest BCUT2D eigenvalue weighted by atomic mass is 10.0. The van der Waals surface area contributed by atoms with Gasteiger partial charge >= 0.3 is 6.03 Å². The predicted octanol–water partition coefficient (Wildman–Crippen LogP) is 4.39. The number of rotatable bonds is 2. The van der Waals surface area contributed by atoms with Crippen molar-refractivity contribution in [3.63, 3.8) is 0 Å². The third kappa shape index (κ3) is 3.89. The summed E-state index contributed by atoms with van der Waals surface area (Å²) in [5, 5.41) is 2.92. The van der Waals surface area contributed by atoms with Crippen LogP contribution in [0.2, 0.25) is 0 Å². The van der Waals surface area contributed by atoms with E-state index in [2.05, 4.69) is 21.2 Å². The number of nitrogens with one attached hydrogen (secondary N) is 1. The molecule has 0 radical (unpaired) electrons. The number of piperidine rings is 1. The second-order valence-electron chi connectivity index (χ2n) is 6.70. The number of hydrogen-bond acceptors (Lipinski definition) is 4. The Bertz CT molecular complexity index is 850. The fraction of sp³-hybridized carbons (Fsp3) is 0.350. The molecule has 2 amide bonds. The highest BCUT2D eigenvalue weighted by molar-refractivity contribution is 9.10. The minimum Gasteiger partial charge on any atom is -0.497 e. The second kappa shape index (κ2) is 7.40. The third-order valence-corrected chi connectivity index (χ3v) is 5.44. The van der Waals surface area contributed by atoms with E-state index in [1.165, 1.54) is 0 Å². The summed E-state index contributed by atoms with van der Waals surface area (Å²) in [6.45, 7) is 1.66. The number of carbonyl (C=O) groups is 1. The van der Waals surface area contributed by atoms with Gasteiger partial charge in [-0.05, 0) is 30.3 Å². The van der Waals surface area contributed by atoms with Crippen LogP contribution in [-0.4, -0.2) is 36.9 Å². The Kier molecular flexibility index (Phi) is 4.97. The van der Waals surface area contributed by atoms with Crippen LogP contribution < -0.4 is 14.8 Å². The molecule has 2 heterocycles. The number of methoxy groups -OCH3 is 1. The highest BCUT2D eigenvalue weighted by Crippen LogP contribution is 2.38. The van der Waals surface area contributed by atoms with Crippen molar-refractivity contribution >= 4 is 27.6 Å². The molecule has 27 heavy (non-hydrogen) atoms. The van der Waals surface area contributed by atoms with Crippen LogP contribution in [0.3, 0.4) is 0 Å². The summed E-state index contributed by atoms with van der Waals surface area (Å²) in [7, 11) is 1.60. The number of likely N-dealkylation sites (tertiary alicyclic amines) is 1. The maximum absolute atomic E-state index is 12.6. The molecule has 7 heteroatoms. The van der Waals surface area contributed by atoms with E-state index in [1.807, 2.05) is 36.4 Å². The largest absolute Gasteiger partial charge is 0.497 e. The summed E-state index contributed by atoms with van der Waals surface area (Å²) in [6, 6.07) is 13.1. The zero-order chi connectivity index (χ0) is 18.9. The number of urea groups is 1. The Morgan fingerprint density at radius 3 is 2.81 bits per heavy atom. The Morgan fingerprint density at radius 1 is 1.22 bits per heavy atom. The molecule has 0 unspecified atom stereocenters. The average molecular weight is 433 g/mol. The first-order chi connectivity index (χ1) is 13.1. The van der Waals surface area contributed by atoms with Gasteiger partial charge in [0.1, 0.15) is 11.5 Å². The highest BCUT2D eigenvalue weighted by Gasteiger charge is 2.41. The van der Waals surface area contributed by atoms with Crippen molar-refractivity contribution in [3.8, 4) is 11.5 Å². The van der Waals surface area contributed by atoms with E-state index < -0.39 is 5.79 Å². The molecule has 2 aliphatic rings. The molecule has 1 spiro atoms. The summed E-state index contributed by atoms with van der Waals surface area (Å²) in [5.74, 6) is 0.923. The third-order valence-electron chi connectivity index (χ3n) is 4.94. The van der Waals surface area contributed by atoms with Crippen LogP contribution in [0.15, 0.2) is 46.9 Å². The summed E-state index contributed by atoms with van der Waals surface area (Å²) in [6.07, 6.45) is 1.27. The van der Waals surface area contributed by atoms with Gasteiger partial charge in [-0.2, -0.15) is 0 Å². The van der Waals surface area contributed by atoms with Gasteiger partial charge in [-0.3, -0.25) is 0 Å². The van der Waals surface area contributed by atoms with Crippen LogP contribution in [-0.2, 0) is 11.3 Å². The number of amides is 2. The molecular weight excluding hydrogens is 412 g/mol. The quantitative estimate of drug-likeness (QED) is 0.764. The van der Waals surface area contributed by atoms with E-state index in [0.717, 1.165) is 15.8 Å². The first kappa shape index (κ1) is 18.1. The van der Waals surface area contributed by atoms with Crippen molar-refractivity contribution in [2.45, 2.75) is 25.2 Å². The van der Waals surface area contributed by atoms with E-state index in [9.17, 15) is 4.79 Å². The van der Waals surface area contributed by atoms with Crippen molar-refractivity contribution in [1.29, 1.82) is 0 Å². The Hall–Kier alpha value is -2.25. The molecule has 1 fully saturated rings. The molecular formula is C20H21BrN2O4. The van der Waals surface area contributed by atoms with Crippen molar-refractivity contribution < 1.29 is 19.0 Å². The van der Waals surface area contributed by atoms with Gasteiger partial charge in [0.05, 0.1) is 13.7 Å². The number of benzene rings is 2. The number of hydrogen-bond donors (Lipinski definition) is 1. The van der Waals surface area contributed by atoms with Gasteiger partial charge in [-0.1, -0.05) is 22.0 Å². The molecule has 1 N–H and O–H groups in total. The molecule has 1 saturated heterocycles. The number of fused-ring (bicyclic) bond motifs is 1. The Balaban J connectivity index is 1.37. The van der Waals surface area contributed by atoms with E-state index in [0.29, 0.717) is 44.0 Å². The van der Waals surface area contributed by atoms with E-state index >= 15 is 0 Å². The van der Waals surface area contributed by atoms with Crippen molar-refractivity contribution in [3.05, 3.63) is 52.5 Å². The normalized spacial score (nSPS) is 17.8. The zero-order valence-corrected chi connectivity index (χ0v) is 16.6. The van der Waals surface area contributed by atoms with Crippen LogP contribution in [0.4, 0.5) is 10.5 Å². The molecule has 142 valence electrons. The number of nitrogens with zero attached hydrogens (tertiary/aromatic N) is 1. The minimum absolute atomic E-state index is 0.127. The monoisotopic (exact) mass is 432 g/mol. The van der Waals surface area contributed by atoms with Gasteiger partial charge < -0.3 is 24.4 Å². The summed E-state index contributed by atoms with van der Waals surface area (Å²) >= 11 is 3.47. The first-order valence-corrected chi connectivity index (χ1v) is 9.68. The molecule has 6 nitrogen and oxygen atoms in total. The summed E-state index contributed by atoms with van der Waals surface area (Å²) in [4.78, 5) is 14.3. The van der Waals surface area contributed by atoms with Crippen LogP contribution >= 0.6 is 15.9 Å². The zero-order valence-electron chi connectivity index (χ0n) is 15.0. The Labute approximate surface area is 166 Å². The lowest BCUT2D eigenvalue weighted by Gasteiger charge is -2.43. The average Bonchev–Trinajstić information content (AvgIpc) is 2.69. The molecule has 2 aliphatic heterocycles. The second-order valence-corrected chi connectivity index (χ2v) is 7.62. The molecule has 2 aromatic carbocycles. The van der Waals surface area contributed by atoms with Gasteiger partial charge in [0.25, 0.3) is 0 Å². The van der Waals surface area contributed by atoms with Crippen molar-refractivity contribution in [1.82, 2.24) is 4.90 Å². The maximum Gasteiger partial charge on any atom is 0.321 e. The van der Waals surface area contributed by atoms with Crippen LogP contribution in [0.5, 0.6) is 11.5 Å². The summed E-state index contributed by atoms with van der Waals surface area (Å²) < 4.78 is 18.4. The molecule has 2 aromatic rings. The minimum atomic E-state index is -0.645. The number of ether oxygens (including phenoxy) is 3. The predicted molar refractivity (Wildman–Crippen MR) is 105 cm³/mol. The fourth-order valence-electron chi connectivity index (χ4n) is 3.40. The van der Waals surface area contributed by atoms with Crippen molar-refractivity contribution in [2.24, 2.45) is 0 Å². The van der Waals surface area contributed by atoms with E-state index in [4.69, 9.17) is 14.2 Å². The highest BCUT2D eigenvalue weighted by atomic mass is 79.9. The molecule has 4 rings (SSSR count). The molecule has 0 aliphatic carbocycles. The topological polar surface area (TPSA) is 60.0 Å². The molecule has 0 aromatic heterocycles.